The third-order valence-corrected chi connectivity index (χ3v) is 8.81. The molecule has 5 rings (SSSR count). The van der Waals surface area contributed by atoms with Crippen LogP contribution in [0, 0.1) is 0 Å². The number of rotatable bonds is 7. The normalized spacial score (nSPS) is 20.1. The van der Waals surface area contributed by atoms with Crippen LogP contribution in [-0.4, -0.2) is 61.7 Å². The molecule has 2 heterocycles. The highest BCUT2D eigenvalue weighted by molar-refractivity contribution is 6.36. The van der Waals surface area contributed by atoms with Gasteiger partial charge in [-0.15, -0.1) is 0 Å². The van der Waals surface area contributed by atoms with Crippen LogP contribution in [0.3, 0.4) is 0 Å². The number of carbonyl (C=O) groups excluding carboxylic acids is 2. The molecule has 9 heteroatoms. The van der Waals surface area contributed by atoms with Gasteiger partial charge < -0.3 is 19.7 Å². The lowest BCUT2D eigenvalue weighted by Gasteiger charge is -2.51. The van der Waals surface area contributed by atoms with Gasteiger partial charge >= 0.3 is 0 Å². The Labute approximate surface area is 257 Å². The molecule has 1 N–H and O–H groups in total. The molecule has 0 spiro atoms. The molecule has 42 heavy (non-hydrogen) atoms. The van der Waals surface area contributed by atoms with Gasteiger partial charge in [0.25, 0.3) is 5.91 Å². The minimum absolute atomic E-state index is 0.0326. The van der Waals surface area contributed by atoms with Crippen molar-refractivity contribution < 1.29 is 19.1 Å². The molecule has 2 aliphatic heterocycles. The van der Waals surface area contributed by atoms with Gasteiger partial charge in [0.15, 0.2) is 0 Å². The minimum Gasteiger partial charge on any atom is -0.492 e. The molecule has 2 amide bonds. The first-order valence-electron chi connectivity index (χ1n) is 14.2. The molecule has 1 fully saturated rings. The summed E-state index contributed by atoms with van der Waals surface area (Å²) < 4.78 is 11.5. The fourth-order valence-corrected chi connectivity index (χ4v) is 6.75. The number of benzene rings is 3. The van der Waals surface area contributed by atoms with E-state index < -0.39 is 11.0 Å². The first-order chi connectivity index (χ1) is 20.0. The molecule has 3 aromatic carbocycles. The maximum absolute atomic E-state index is 13.1. The summed E-state index contributed by atoms with van der Waals surface area (Å²) in [5.74, 6) is 0.424. The van der Waals surface area contributed by atoms with Crippen molar-refractivity contribution in [2.75, 3.05) is 49.7 Å². The van der Waals surface area contributed by atoms with Crippen LogP contribution >= 0.6 is 23.2 Å². The zero-order valence-corrected chi connectivity index (χ0v) is 26.0. The Kier molecular flexibility index (Phi) is 8.86. The topological polar surface area (TPSA) is 71.1 Å². The van der Waals surface area contributed by atoms with E-state index >= 15 is 0 Å². The first kappa shape index (κ1) is 30.4. The van der Waals surface area contributed by atoms with Gasteiger partial charge in [0.1, 0.15) is 12.4 Å². The number of nitrogens with zero attached hydrogens (tertiary/aromatic N) is 2. The lowest BCUT2D eigenvalue weighted by Crippen LogP contribution is -2.55. The number of halogens is 2. The molecule has 0 bridgehead atoms. The highest BCUT2D eigenvalue weighted by Gasteiger charge is 2.47. The quantitative estimate of drug-likeness (QED) is 0.319. The van der Waals surface area contributed by atoms with E-state index in [1.165, 1.54) is 0 Å². The van der Waals surface area contributed by atoms with Crippen molar-refractivity contribution in [1.29, 1.82) is 0 Å². The maximum Gasteiger partial charge on any atom is 0.257 e. The molecule has 1 saturated heterocycles. The van der Waals surface area contributed by atoms with Crippen LogP contribution in [0.2, 0.25) is 10.0 Å². The van der Waals surface area contributed by atoms with Crippen molar-refractivity contribution in [2.45, 2.75) is 45.1 Å². The number of amides is 2. The Bertz CT molecular complexity index is 1470. The molecule has 7 nitrogen and oxygen atoms in total. The van der Waals surface area contributed by atoms with Crippen LogP contribution in [0.25, 0.3) is 0 Å². The zero-order chi connectivity index (χ0) is 30.1. The van der Waals surface area contributed by atoms with E-state index in [2.05, 4.69) is 43.1 Å². The second-order valence-electron chi connectivity index (χ2n) is 11.8. The summed E-state index contributed by atoms with van der Waals surface area (Å²) in [7, 11) is 0. The van der Waals surface area contributed by atoms with E-state index in [1.807, 2.05) is 35.2 Å². The Hall–Kier alpha value is -3.10. The number of morpholine rings is 1. The molecule has 1 unspecified atom stereocenters. The predicted octanol–water partition coefficient (Wildman–Crippen LogP) is 6.80. The van der Waals surface area contributed by atoms with Crippen molar-refractivity contribution in [3.05, 3.63) is 87.4 Å². The second kappa shape index (κ2) is 12.3. The van der Waals surface area contributed by atoms with Gasteiger partial charge in [-0.2, -0.15) is 0 Å². The van der Waals surface area contributed by atoms with Crippen molar-refractivity contribution in [1.82, 2.24) is 4.90 Å². The summed E-state index contributed by atoms with van der Waals surface area (Å²) in [6.07, 6.45) is 0.682. The third-order valence-electron chi connectivity index (χ3n) is 8.24. The molecule has 1 atom stereocenters. The van der Waals surface area contributed by atoms with Gasteiger partial charge in [-0.3, -0.25) is 14.5 Å². The highest BCUT2D eigenvalue weighted by atomic mass is 35.5. The summed E-state index contributed by atoms with van der Waals surface area (Å²) in [4.78, 5) is 30.2. The maximum atomic E-state index is 13.1. The fourth-order valence-electron chi connectivity index (χ4n) is 6.38. The first-order valence-corrected chi connectivity index (χ1v) is 15.0. The number of ether oxygens (including phenoxy) is 2. The lowest BCUT2D eigenvalue weighted by molar-refractivity contribution is -0.117. The molecular formula is C33H37Cl2N3O4. The third kappa shape index (κ3) is 6.30. The average molecular weight is 611 g/mol. The molecule has 0 saturated carbocycles. The lowest BCUT2D eigenvalue weighted by atomic mass is 9.65. The number of hydrogen-bond acceptors (Lipinski definition) is 5. The van der Waals surface area contributed by atoms with Crippen LogP contribution < -0.4 is 15.0 Å². The van der Waals surface area contributed by atoms with Crippen LogP contribution in [0.15, 0.2) is 60.7 Å². The van der Waals surface area contributed by atoms with E-state index in [9.17, 15) is 9.59 Å². The van der Waals surface area contributed by atoms with Gasteiger partial charge in [-0.25, -0.2) is 0 Å². The summed E-state index contributed by atoms with van der Waals surface area (Å²) >= 11 is 12.4. The molecular weight excluding hydrogens is 573 g/mol. The van der Waals surface area contributed by atoms with Gasteiger partial charge in [-0.05, 0) is 79.9 Å². The molecule has 2 aliphatic rings. The second-order valence-corrected chi connectivity index (χ2v) is 12.7. The summed E-state index contributed by atoms with van der Waals surface area (Å²) in [6, 6.07) is 18.7. The zero-order valence-electron chi connectivity index (χ0n) is 24.5. The predicted molar refractivity (Wildman–Crippen MR) is 168 cm³/mol. The van der Waals surface area contributed by atoms with E-state index in [-0.39, 0.29) is 11.8 Å². The van der Waals surface area contributed by atoms with Crippen molar-refractivity contribution in [2.24, 2.45) is 0 Å². The summed E-state index contributed by atoms with van der Waals surface area (Å²) in [6.45, 7) is 12.8. The Balaban J connectivity index is 1.44. The molecule has 0 radical (unpaired) electrons. The van der Waals surface area contributed by atoms with E-state index in [0.717, 1.165) is 55.4 Å². The Morgan fingerprint density at radius 1 is 0.976 bits per heavy atom. The smallest absolute Gasteiger partial charge is 0.257 e. The van der Waals surface area contributed by atoms with Crippen LogP contribution in [0.4, 0.5) is 11.4 Å². The van der Waals surface area contributed by atoms with Crippen LogP contribution in [0.1, 0.15) is 55.6 Å². The molecule has 3 aromatic rings. The fraction of sp³-hybridized carbons (Fsp3) is 0.394. The molecule has 0 aliphatic carbocycles. The summed E-state index contributed by atoms with van der Waals surface area (Å²) in [5.41, 5.74) is 2.87. The van der Waals surface area contributed by atoms with E-state index in [0.29, 0.717) is 34.3 Å². The van der Waals surface area contributed by atoms with Crippen molar-refractivity contribution in [3.63, 3.8) is 0 Å². The molecule has 222 valence electrons. The standard InChI is InChI=1S/C33H37Cl2N3O4/c1-22(39)38-30-12-8-25(36-31(40)27-19-24(34)7-11-29(27)35)20-28(30)33(4,21-32(38,2)3)23-5-9-26(10-6-23)42-18-15-37-13-16-41-17-14-37/h5-12,19-20H,13-18,21H2,1-4H3,(H,36,40). The monoisotopic (exact) mass is 609 g/mol. The average Bonchev–Trinajstić information content (AvgIpc) is 2.95. The highest BCUT2D eigenvalue weighted by Crippen LogP contribution is 2.51. The number of carbonyl (C=O) groups is 2. The largest absolute Gasteiger partial charge is 0.492 e. The number of hydrogen-bond donors (Lipinski definition) is 1. The Morgan fingerprint density at radius 3 is 2.38 bits per heavy atom. The Morgan fingerprint density at radius 2 is 1.69 bits per heavy atom. The molecule has 0 aromatic heterocycles. The minimum atomic E-state index is -0.453. The van der Waals surface area contributed by atoms with Gasteiger partial charge in [-0.1, -0.05) is 42.3 Å². The summed E-state index contributed by atoms with van der Waals surface area (Å²) in [5, 5.41) is 3.71. The van der Waals surface area contributed by atoms with Gasteiger partial charge in [0.2, 0.25) is 5.91 Å². The van der Waals surface area contributed by atoms with Crippen LogP contribution in [-0.2, 0) is 14.9 Å². The number of anilines is 2. The SMILES string of the molecule is CC(=O)N1c2ccc(NC(=O)c3cc(Cl)ccc3Cl)cc2C(C)(c2ccc(OCCN3CCOCC3)cc2)CC1(C)C. The number of nitrogens with one attached hydrogen (secondary N) is 1. The van der Waals surface area contributed by atoms with Crippen molar-refractivity contribution in [3.8, 4) is 5.75 Å². The van der Waals surface area contributed by atoms with Crippen LogP contribution in [0.5, 0.6) is 5.75 Å². The van der Waals surface area contributed by atoms with Crippen molar-refractivity contribution >= 4 is 46.4 Å². The van der Waals surface area contributed by atoms with Gasteiger partial charge in [0, 0.05) is 53.9 Å². The number of fused-ring (bicyclic) bond motifs is 1. The van der Waals surface area contributed by atoms with Gasteiger partial charge in [0.05, 0.1) is 23.8 Å². The van der Waals surface area contributed by atoms with E-state index in [1.54, 1.807) is 25.1 Å². The van der Waals surface area contributed by atoms with E-state index in [4.69, 9.17) is 32.7 Å².